The Hall–Kier alpha value is -0.000000000000000444. The number of carbonyl (C=O) groups is 4. The van der Waals surface area contributed by atoms with E-state index in [0.29, 0.717) is 57.8 Å². The van der Waals surface area contributed by atoms with Crippen molar-refractivity contribution in [3.05, 3.63) is 12.2 Å². The second kappa shape index (κ2) is 40.4. The van der Waals surface area contributed by atoms with Gasteiger partial charge in [-0.1, -0.05) is 102 Å². The van der Waals surface area contributed by atoms with Crippen LogP contribution in [0.1, 0.15) is 194 Å². The Morgan fingerprint density at radius 1 is 0.536 bits per heavy atom. The second-order valence-corrected chi connectivity index (χ2v) is 17.8. The van der Waals surface area contributed by atoms with Crippen LogP contribution in [0.2, 0.25) is 0 Å². The van der Waals surface area contributed by atoms with Gasteiger partial charge in [-0.3, -0.25) is 4.79 Å². The molecule has 0 aliphatic heterocycles. The van der Waals surface area contributed by atoms with Crippen LogP contribution in [0.5, 0.6) is 0 Å². The molecule has 318 valence electrons. The first kappa shape index (κ1) is 62.6. The molecule has 12 nitrogen and oxygen atoms in total. The fourth-order valence-electron chi connectivity index (χ4n) is 6.04. The van der Waals surface area contributed by atoms with E-state index in [0.717, 1.165) is 109 Å². The third kappa shape index (κ3) is 43.6. The minimum Gasteiger partial charge on any atom is -0.748 e. The summed E-state index contributed by atoms with van der Waals surface area (Å²) in [5.74, 6) is 0.362. The number of esters is 1. The van der Waals surface area contributed by atoms with Crippen LogP contribution in [0.15, 0.2) is 12.2 Å². The summed E-state index contributed by atoms with van der Waals surface area (Å²) in [7, 11) is -7.49. The summed E-state index contributed by atoms with van der Waals surface area (Å²) >= 11 is 0. The van der Waals surface area contributed by atoms with E-state index in [9.17, 15) is 50.2 Å². The fraction of sp³-hybridized carbons (Fsp3) is 0.850. The average Bonchev–Trinajstić information content (AvgIpc) is 3.07. The van der Waals surface area contributed by atoms with Crippen molar-refractivity contribution in [3.63, 3.8) is 0 Å². The van der Waals surface area contributed by atoms with Crippen molar-refractivity contribution in [2.45, 2.75) is 211 Å². The van der Waals surface area contributed by atoms with Gasteiger partial charge in [0.2, 0.25) is 0 Å². The normalized spacial score (nSPS) is 13.1. The van der Waals surface area contributed by atoms with Gasteiger partial charge in [0.05, 0.1) is 23.7 Å². The van der Waals surface area contributed by atoms with Gasteiger partial charge in [-0.05, 0) is 78.6 Å². The number of unbranched alkanes of at least 4 members (excludes halogenated alkanes) is 16. The summed E-state index contributed by atoms with van der Waals surface area (Å²) in [4.78, 5) is 43.5. The molecule has 3 unspecified atom stereocenters. The molecule has 0 spiro atoms. The van der Waals surface area contributed by atoms with Crippen molar-refractivity contribution in [1.82, 2.24) is 0 Å². The Morgan fingerprint density at radius 3 is 1.29 bits per heavy atom. The van der Waals surface area contributed by atoms with Crippen LogP contribution in [0.25, 0.3) is 0 Å². The summed E-state index contributed by atoms with van der Waals surface area (Å²) in [5, 5.41) is 7.99. The number of aliphatic hydroxyl groups is 1. The van der Waals surface area contributed by atoms with Crippen LogP contribution in [-0.2, 0) is 44.2 Å². The standard InChI is InChI=1S/C20H38O7S.C20H36O5S.2Na/c1-17(21)13-9-5-3-6-10-14-18(22)19(28(24,25)26)15-11-7-4-8-12-16-20(23)27-2;1-18(21)14-10-6-3-4-8-12-16-20(26(23,24)25)17-13-9-5-7-11-15-19(2)22;;/h18-19,22H,3-16H2,1-2H3,(H,24,25,26);12,16,20H,3-11,13-15,17H2,1-2H3,(H,23,24,25);;/q;;2*+1/p-2/b;16-12+;;. The molecule has 1 N–H and O–H groups in total. The van der Waals surface area contributed by atoms with E-state index in [1.165, 1.54) is 7.11 Å². The molecule has 0 aromatic carbocycles. The van der Waals surface area contributed by atoms with E-state index in [1.54, 1.807) is 32.9 Å². The molecule has 0 aliphatic carbocycles. The molecule has 0 aromatic heterocycles. The SMILES string of the molecule is CC(=O)CCCCCC/C=C/C(CCCCCCCC(C)=O)S(=O)(=O)[O-].COC(=O)CCCCCCCC(C(O)CCCCCCCC(C)=O)S(=O)(=O)[O-].[Na+].[Na+]. The fourth-order valence-corrected chi connectivity index (χ4v) is 7.78. The Kier molecular flexibility index (Phi) is 45.2. The molecule has 0 amide bonds. The molecule has 0 saturated carbocycles. The number of carbonyl (C=O) groups excluding carboxylic acids is 4. The minimum absolute atomic E-state index is 0. The van der Waals surface area contributed by atoms with Crippen LogP contribution < -0.4 is 59.1 Å². The molecule has 16 heteroatoms. The van der Waals surface area contributed by atoms with E-state index >= 15 is 0 Å². The van der Waals surface area contributed by atoms with Crippen molar-refractivity contribution in [1.29, 1.82) is 0 Å². The molecule has 3 atom stereocenters. The predicted octanol–water partition coefficient (Wildman–Crippen LogP) is 2.20. The maximum Gasteiger partial charge on any atom is 1.00 e. The Labute approximate surface area is 384 Å². The van der Waals surface area contributed by atoms with Crippen LogP contribution in [0.3, 0.4) is 0 Å². The summed E-state index contributed by atoms with van der Waals surface area (Å²) < 4.78 is 73.1. The Balaban J connectivity index is -0.000000467. The zero-order valence-corrected chi connectivity index (χ0v) is 41.4. The number of hydrogen-bond acceptors (Lipinski definition) is 12. The number of ketones is 3. The van der Waals surface area contributed by atoms with Gasteiger partial charge in [0.1, 0.15) is 37.6 Å². The van der Waals surface area contributed by atoms with Crippen LogP contribution in [-0.4, -0.2) is 78.1 Å². The first-order valence-electron chi connectivity index (χ1n) is 20.2. The molecular weight excluding hydrogens is 783 g/mol. The smallest absolute Gasteiger partial charge is 0.748 e. The number of rotatable bonds is 35. The van der Waals surface area contributed by atoms with Crippen molar-refractivity contribution in [3.8, 4) is 0 Å². The van der Waals surface area contributed by atoms with Gasteiger partial charge in [0.15, 0.2) is 0 Å². The van der Waals surface area contributed by atoms with E-state index in [2.05, 4.69) is 4.74 Å². The van der Waals surface area contributed by atoms with Crippen LogP contribution >= 0.6 is 0 Å². The molecule has 0 fully saturated rings. The van der Waals surface area contributed by atoms with E-state index in [-0.39, 0.29) is 88.9 Å². The summed E-state index contributed by atoms with van der Waals surface area (Å²) in [6, 6.07) is 0. The monoisotopic (exact) mass is 854 g/mol. The zero-order valence-electron chi connectivity index (χ0n) is 35.7. The van der Waals surface area contributed by atoms with Crippen molar-refractivity contribution in [2.24, 2.45) is 0 Å². The average molecular weight is 855 g/mol. The zero-order chi connectivity index (χ0) is 41.3. The molecule has 0 saturated heterocycles. The maximum absolute atomic E-state index is 11.5. The quantitative estimate of drug-likeness (QED) is 0.0320. The number of Topliss-reactive ketones (excluding diaryl/α,β-unsaturated/α-hetero) is 3. The molecule has 0 heterocycles. The summed E-state index contributed by atoms with van der Waals surface area (Å²) in [6.45, 7) is 4.75. The van der Waals surface area contributed by atoms with Gasteiger partial charge in [0.25, 0.3) is 0 Å². The third-order valence-corrected chi connectivity index (χ3v) is 11.7. The Morgan fingerprint density at radius 2 is 0.893 bits per heavy atom. The molecule has 56 heavy (non-hydrogen) atoms. The molecular formula is C40H72Na2O12S2. The van der Waals surface area contributed by atoms with E-state index in [1.807, 2.05) is 0 Å². The van der Waals surface area contributed by atoms with Crippen LogP contribution in [0.4, 0.5) is 0 Å². The first-order valence-corrected chi connectivity index (χ1v) is 23.1. The number of hydrogen-bond donors (Lipinski definition) is 1. The topological polar surface area (TPSA) is 212 Å². The van der Waals surface area contributed by atoms with E-state index < -0.39 is 36.8 Å². The van der Waals surface area contributed by atoms with E-state index in [4.69, 9.17) is 0 Å². The molecule has 0 aromatic rings. The number of allylic oxidation sites excluding steroid dienone is 1. The summed E-state index contributed by atoms with van der Waals surface area (Å²) in [6.07, 6.45) is 22.3. The van der Waals surface area contributed by atoms with Gasteiger partial charge in [-0.2, -0.15) is 0 Å². The molecule has 0 radical (unpaired) electrons. The van der Waals surface area contributed by atoms with Crippen molar-refractivity contribution in [2.75, 3.05) is 7.11 Å². The molecule has 0 rings (SSSR count). The second-order valence-electron chi connectivity index (χ2n) is 14.6. The molecule has 0 aliphatic rings. The predicted molar refractivity (Wildman–Crippen MR) is 211 cm³/mol. The van der Waals surface area contributed by atoms with Gasteiger partial charge in [0, 0.05) is 25.7 Å². The third-order valence-electron chi connectivity index (χ3n) is 9.31. The van der Waals surface area contributed by atoms with Gasteiger partial charge < -0.3 is 33.3 Å². The van der Waals surface area contributed by atoms with Gasteiger partial charge in [-0.15, -0.1) is 0 Å². The van der Waals surface area contributed by atoms with Crippen LogP contribution in [0, 0.1) is 0 Å². The largest absolute Gasteiger partial charge is 1.00 e. The number of ether oxygens (including phenoxy) is 1. The number of aliphatic hydroxyl groups excluding tert-OH is 1. The van der Waals surface area contributed by atoms with Crippen molar-refractivity contribution < 1.29 is 114 Å². The van der Waals surface area contributed by atoms with Gasteiger partial charge in [-0.25, -0.2) is 16.8 Å². The maximum atomic E-state index is 11.5. The van der Waals surface area contributed by atoms with Gasteiger partial charge >= 0.3 is 65.1 Å². The number of methoxy groups -OCH3 is 1. The van der Waals surface area contributed by atoms with Crippen molar-refractivity contribution >= 4 is 43.6 Å². The summed E-state index contributed by atoms with van der Waals surface area (Å²) in [5.41, 5.74) is 0. The molecule has 0 bridgehead atoms. The first-order chi connectivity index (χ1) is 25.4. The Bertz CT molecular complexity index is 1260. The minimum atomic E-state index is -4.54.